The first-order chi connectivity index (χ1) is 9.43. The average Bonchev–Trinajstić information content (AvgIpc) is 2.41. The van der Waals surface area contributed by atoms with Gasteiger partial charge in [0.15, 0.2) is 5.96 Å². The van der Waals surface area contributed by atoms with Gasteiger partial charge in [-0.25, -0.2) is 0 Å². The Morgan fingerprint density at radius 1 is 1.24 bits per heavy atom. The predicted molar refractivity (Wildman–Crippen MR) is 101 cm³/mol. The van der Waals surface area contributed by atoms with Crippen molar-refractivity contribution in [1.82, 2.24) is 5.32 Å². The minimum absolute atomic E-state index is 0. The molecule has 0 saturated heterocycles. The summed E-state index contributed by atoms with van der Waals surface area (Å²) in [7, 11) is 0. The quantitative estimate of drug-likeness (QED) is 0.331. The van der Waals surface area contributed by atoms with E-state index < -0.39 is 0 Å². The van der Waals surface area contributed by atoms with Crippen LogP contribution >= 0.6 is 24.0 Å². The third kappa shape index (κ3) is 8.14. The minimum Gasteiger partial charge on any atom is -0.492 e. The van der Waals surface area contributed by atoms with Gasteiger partial charge in [-0.1, -0.05) is 39.8 Å². The van der Waals surface area contributed by atoms with Gasteiger partial charge in [-0.2, -0.15) is 0 Å². The fourth-order valence-electron chi connectivity index (χ4n) is 1.69. The number of hydrogen-bond acceptors (Lipinski definition) is 2. The maximum absolute atomic E-state index is 5.69. The molecule has 0 aliphatic carbocycles. The van der Waals surface area contributed by atoms with E-state index in [4.69, 9.17) is 10.5 Å². The van der Waals surface area contributed by atoms with Crippen molar-refractivity contribution in [1.29, 1.82) is 0 Å². The molecule has 4 nitrogen and oxygen atoms in total. The molecule has 1 rings (SSSR count). The lowest BCUT2D eigenvalue weighted by Gasteiger charge is -2.19. The van der Waals surface area contributed by atoms with Crippen molar-refractivity contribution < 1.29 is 4.74 Å². The second kappa shape index (κ2) is 9.87. The Labute approximate surface area is 145 Å². The fraction of sp³-hybridized carbons (Fsp3) is 0.562. The van der Waals surface area contributed by atoms with Crippen LogP contribution in [0.5, 0.6) is 5.75 Å². The number of hydrogen-bond donors (Lipinski definition) is 2. The summed E-state index contributed by atoms with van der Waals surface area (Å²) in [6.07, 6.45) is 0.999. The van der Waals surface area contributed by atoms with Crippen LogP contribution in [0.1, 0.15) is 39.7 Å². The third-order valence-electron chi connectivity index (χ3n) is 2.90. The normalized spacial score (nSPS) is 11.7. The highest BCUT2D eigenvalue weighted by Crippen LogP contribution is 2.24. The first kappa shape index (κ1) is 20.0. The molecule has 0 unspecified atom stereocenters. The molecule has 21 heavy (non-hydrogen) atoms. The van der Waals surface area contributed by atoms with Crippen LogP contribution in [0.4, 0.5) is 0 Å². The number of guanidine groups is 1. The van der Waals surface area contributed by atoms with Crippen LogP contribution in [0.15, 0.2) is 29.3 Å². The van der Waals surface area contributed by atoms with Crippen LogP contribution in [0.25, 0.3) is 0 Å². The van der Waals surface area contributed by atoms with Gasteiger partial charge in [0, 0.05) is 6.54 Å². The zero-order valence-electron chi connectivity index (χ0n) is 13.5. The molecule has 120 valence electrons. The number of benzene rings is 1. The maximum Gasteiger partial charge on any atom is 0.188 e. The van der Waals surface area contributed by atoms with Gasteiger partial charge in [-0.05, 0) is 29.5 Å². The van der Waals surface area contributed by atoms with Crippen LogP contribution < -0.4 is 15.8 Å². The molecule has 0 spiro atoms. The summed E-state index contributed by atoms with van der Waals surface area (Å²) < 4.78 is 5.66. The molecule has 0 fully saturated rings. The van der Waals surface area contributed by atoms with Crippen molar-refractivity contribution in [3.05, 3.63) is 29.8 Å². The molecule has 0 atom stereocenters. The van der Waals surface area contributed by atoms with Crippen LogP contribution in [-0.4, -0.2) is 25.7 Å². The van der Waals surface area contributed by atoms with Gasteiger partial charge >= 0.3 is 0 Å². The molecule has 0 saturated carbocycles. The van der Waals surface area contributed by atoms with Gasteiger partial charge in [0.2, 0.25) is 0 Å². The number of aliphatic imine (C=N–C) groups is 1. The van der Waals surface area contributed by atoms with Crippen LogP contribution in [0.2, 0.25) is 0 Å². The van der Waals surface area contributed by atoms with Crippen molar-refractivity contribution >= 4 is 29.9 Å². The number of rotatable bonds is 6. The Bertz CT molecular complexity index is 424. The van der Waals surface area contributed by atoms with Gasteiger partial charge in [0.05, 0.1) is 6.54 Å². The van der Waals surface area contributed by atoms with Crippen LogP contribution in [0.3, 0.4) is 0 Å². The van der Waals surface area contributed by atoms with Crippen LogP contribution in [-0.2, 0) is 5.41 Å². The zero-order chi connectivity index (χ0) is 15.0. The van der Waals surface area contributed by atoms with Gasteiger partial charge in [0.25, 0.3) is 0 Å². The second-order valence-corrected chi connectivity index (χ2v) is 5.82. The smallest absolute Gasteiger partial charge is 0.188 e. The molecule has 0 heterocycles. The van der Waals surface area contributed by atoms with E-state index >= 15 is 0 Å². The summed E-state index contributed by atoms with van der Waals surface area (Å²) >= 11 is 0. The molecule has 0 bridgehead atoms. The van der Waals surface area contributed by atoms with E-state index in [0.717, 1.165) is 18.7 Å². The Kier molecular flexibility index (Phi) is 9.41. The summed E-state index contributed by atoms with van der Waals surface area (Å²) in [5.41, 5.74) is 7.17. The molecule has 3 N–H and O–H groups in total. The first-order valence-corrected chi connectivity index (χ1v) is 7.20. The van der Waals surface area contributed by atoms with Crippen LogP contribution in [0, 0.1) is 0 Å². The molecule has 0 aliphatic rings. The van der Waals surface area contributed by atoms with E-state index in [0.29, 0.717) is 19.1 Å². The number of ether oxygens (including phenoxy) is 1. The van der Waals surface area contributed by atoms with Crippen molar-refractivity contribution in [2.75, 3.05) is 19.7 Å². The standard InChI is InChI=1S/C16H27N3O.HI/c1-5-10-18-15(17)19-11-12-20-14-8-6-13(7-9-14)16(2,3)4;/h6-9H,5,10-12H2,1-4H3,(H3,17,18,19);1H. The zero-order valence-corrected chi connectivity index (χ0v) is 15.8. The topological polar surface area (TPSA) is 59.6 Å². The lowest BCUT2D eigenvalue weighted by atomic mass is 9.87. The first-order valence-electron chi connectivity index (χ1n) is 7.20. The van der Waals surface area contributed by atoms with E-state index in [1.807, 2.05) is 12.1 Å². The van der Waals surface area contributed by atoms with E-state index in [-0.39, 0.29) is 29.4 Å². The Morgan fingerprint density at radius 3 is 2.38 bits per heavy atom. The van der Waals surface area contributed by atoms with Gasteiger partial charge < -0.3 is 15.8 Å². The number of nitrogens with two attached hydrogens (primary N) is 1. The van der Waals surface area contributed by atoms with E-state index in [2.05, 4.69) is 50.1 Å². The molecular weight excluding hydrogens is 377 g/mol. The minimum atomic E-state index is 0. The SMILES string of the molecule is CCCN=C(N)NCCOc1ccc(C(C)(C)C)cc1.I. The van der Waals surface area contributed by atoms with Crippen molar-refractivity contribution in [2.45, 2.75) is 39.5 Å². The Hall–Kier alpha value is -0.980. The largest absolute Gasteiger partial charge is 0.492 e. The molecular formula is C16H28IN3O. The summed E-state index contributed by atoms with van der Waals surface area (Å²) in [4.78, 5) is 4.15. The highest BCUT2D eigenvalue weighted by atomic mass is 127. The Balaban J connectivity index is 0.00000400. The molecule has 0 aliphatic heterocycles. The lowest BCUT2D eigenvalue weighted by Crippen LogP contribution is -2.34. The summed E-state index contributed by atoms with van der Waals surface area (Å²) in [6.45, 7) is 10.6. The lowest BCUT2D eigenvalue weighted by molar-refractivity contribution is 0.322. The van der Waals surface area contributed by atoms with E-state index in [1.165, 1.54) is 5.56 Å². The molecule has 5 heteroatoms. The van der Waals surface area contributed by atoms with Crippen molar-refractivity contribution in [3.8, 4) is 5.75 Å². The average molecular weight is 405 g/mol. The van der Waals surface area contributed by atoms with Crippen molar-refractivity contribution in [2.24, 2.45) is 10.7 Å². The van der Waals surface area contributed by atoms with E-state index in [9.17, 15) is 0 Å². The van der Waals surface area contributed by atoms with E-state index in [1.54, 1.807) is 0 Å². The second-order valence-electron chi connectivity index (χ2n) is 5.82. The summed E-state index contributed by atoms with van der Waals surface area (Å²) in [6, 6.07) is 8.24. The summed E-state index contributed by atoms with van der Waals surface area (Å²) in [5.74, 6) is 1.36. The monoisotopic (exact) mass is 405 g/mol. The predicted octanol–water partition coefficient (Wildman–Crippen LogP) is 3.30. The number of halogens is 1. The van der Waals surface area contributed by atoms with Crippen molar-refractivity contribution in [3.63, 3.8) is 0 Å². The Morgan fingerprint density at radius 2 is 1.86 bits per heavy atom. The molecule has 0 amide bonds. The number of nitrogens with one attached hydrogen (secondary N) is 1. The number of nitrogens with zero attached hydrogens (tertiary/aromatic N) is 1. The molecule has 0 aromatic heterocycles. The molecule has 1 aromatic rings. The fourth-order valence-corrected chi connectivity index (χ4v) is 1.69. The molecule has 0 radical (unpaired) electrons. The third-order valence-corrected chi connectivity index (χ3v) is 2.90. The maximum atomic E-state index is 5.69. The van der Waals surface area contributed by atoms with Gasteiger partial charge in [0.1, 0.15) is 12.4 Å². The highest BCUT2D eigenvalue weighted by molar-refractivity contribution is 14.0. The van der Waals surface area contributed by atoms with Gasteiger partial charge in [-0.15, -0.1) is 24.0 Å². The molecule has 1 aromatic carbocycles. The highest BCUT2D eigenvalue weighted by Gasteiger charge is 2.12. The summed E-state index contributed by atoms with van der Waals surface area (Å²) in [5, 5.41) is 3.03. The van der Waals surface area contributed by atoms with Gasteiger partial charge in [-0.3, -0.25) is 4.99 Å².